The van der Waals surface area contributed by atoms with E-state index >= 15 is 0 Å². The summed E-state index contributed by atoms with van der Waals surface area (Å²) in [6.45, 7) is 1.85. The molecule has 0 fully saturated rings. The van der Waals surface area contributed by atoms with Gasteiger partial charge in [0.1, 0.15) is 11.5 Å². The van der Waals surface area contributed by atoms with Gasteiger partial charge in [-0.25, -0.2) is 4.98 Å². The zero-order valence-corrected chi connectivity index (χ0v) is 11.2. The first-order chi connectivity index (χ1) is 8.70. The fourth-order valence-corrected chi connectivity index (χ4v) is 2.94. The Morgan fingerprint density at radius 2 is 2.44 bits per heavy atom. The van der Waals surface area contributed by atoms with Crippen LogP contribution in [0.5, 0.6) is 0 Å². The summed E-state index contributed by atoms with van der Waals surface area (Å²) in [5, 5.41) is 11.7. The van der Waals surface area contributed by atoms with Gasteiger partial charge >= 0.3 is 0 Å². The molecule has 2 rings (SSSR count). The normalized spacial score (nSPS) is 11.7. The SMILES string of the molecule is Cc1nsc(SCc2cccnc2C(N)=NO)n1. The molecule has 2 aromatic heterocycles. The highest BCUT2D eigenvalue weighted by Crippen LogP contribution is 2.25. The average Bonchev–Trinajstić information content (AvgIpc) is 2.81. The third-order valence-electron chi connectivity index (χ3n) is 2.10. The maximum atomic E-state index is 8.70. The molecule has 2 heterocycles. The zero-order chi connectivity index (χ0) is 13.0. The lowest BCUT2D eigenvalue weighted by Crippen LogP contribution is -2.17. The minimum absolute atomic E-state index is 0.0136. The van der Waals surface area contributed by atoms with Gasteiger partial charge in [-0.1, -0.05) is 23.0 Å². The van der Waals surface area contributed by atoms with Gasteiger partial charge in [-0.2, -0.15) is 4.37 Å². The summed E-state index contributed by atoms with van der Waals surface area (Å²) in [6, 6.07) is 3.71. The van der Waals surface area contributed by atoms with Crippen molar-refractivity contribution in [2.45, 2.75) is 17.0 Å². The van der Waals surface area contributed by atoms with Crippen LogP contribution in [0.1, 0.15) is 17.1 Å². The number of aromatic nitrogens is 3. The molecule has 18 heavy (non-hydrogen) atoms. The highest BCUT2D eigenvalue weighted by atomic mass is 32.2. The highest BCUT2D eigenvalue weighted by Gasteiger charge is 2.09. The Kier molecular flexibility index (Phi) is 4.11. The molecule has 0 saturated heterocycles. The molecule has 0 amide bonds. The summed E-state index contributed by atoms with van der Waals surface area (Å²) >= 11 is 2.91. The smallest absolute Gasteiger partial charge is 0.189 e. The number of aryl methyl sites for hydroxylation is 1. The molecule has 0 saturated carbocycles. The van der Waals surface area contributed by atoms with E-state index in [1.807, 2.05) is 19.1 Å². The second-order valence-electron chi connectivity index (χ2n) is 3.39. The van der Waals surface area contributed by atoms with Crippen molar-refractivity contribution in [2.24, 2.45) is 10.9 Å². The molecule has 94 valence electrons. The summed E-state index contributed by atoms with van der Waals surface area (Å²) in [4.78, 5) is 8.36. The molecule has 0 bridgehead atoms. The van der Waals surface area contributed by atoms with Crippen LogP contribution >= 0.6 is 23.3 Å². The van der Waals surface area contributed by atoms with E-state index in [1.54, 1.807) is 18.0 Å². The Balaban J connectivity index is 2.14. The van der Waals surface area contributed by atoms with Crippen molar-refractivity contribution in [3.05, 3.63) is 35.4 Å². The summed E-state index contributed by atoms with van der Waals surface area (Å²) in [7, 11) is 0. The van der Waals surface area contributed by atoms with Crippen molar-refractivity contribution >= 4 is 29.1 Å². The molecule has 0 aromatic carbocycles. The van der Waals surface area contributed by atoms with E-state index in [4.69, 9.17) is 10.9 Å². The first kappa shape index (κ1) is 12.8. The summed E-state index contributed by atoms with van der Waals surface area (Å²) < 4.78 is 5.00. The number of hydrogen-bond acceptors (Lipinski definition) is 7. The number of rotatable bonds is 4. The predicted molar refractivity (Wildman–Crippen MR) is 71.0 cm³/mol. The van der Waals surface area contributed by atoms with Crippen molar-refractivity contribution in [3.8, 4) is 0 Å². The fraction of sp³-hybridized carbons (Fsp3) is 0.200. The Bertz CT molecular complexity index is 569. The van der Waals surface area contributed by atoms with Gasteiger partial charge in [0.2, 0.25) is 0 Å². The van der Waals surface area contributed by atoms with Crippen LogP contribution in [0.25, 0.3) is 0 Å². The minimum atomic E-state index is 0.0136. The van der Waals surface area contributed by atoms with Gasteiger partial charge in [-0.05, 0) is 30.1 Å². The first-order valence-corrected chi connectivity index (χ1v) is 6.81. The van der Waals surface area contributed by atoms with Gasteiger partial charge in [0.25, 0.3) is 0 Å². The van der Waals surface area contributed by atoms with E-state index in [1.165, 1.54) is 11.5 Å². The molecule has 3 N–H and O–H groups in total. The number of thioether (sulfide) groups is 1. The Morgan fingerprint density at radius 1 is 1.61 bits per heavy atom. The molecule has 0 unspecified atom stereocenters. The van der Waals surface area contributed by atoms with Crippen molar-refractivity contribution in [1.82, 2.24) is 14.3 Å². The standard InChI is InChI=1S/C10H11N5OS2/c1-6-13-10(18-15-6)17-5-7-3-2-4-12-8(7)9(11)14-16/h2-4,16H,5H2,1H3,(H2,11,14). The quantitative estimate of drug-likeness (QED) is 0.291. The van der Waals surface area contributed by atoms with Crippen LogP contribution < -0.4 is 5.73 Å². The lowest BCUT2D eigenvalue weighted by Gasteiger charge is -2.05. The Hall–Kier alpha value is -1.67. The monoisotopic (exact) mass is 281 g/mol. The number of amidine groups is 1. The fourth-order valence-electron chi connectivity index (χ4n) is 1.31. The number of pyridine rings is 1. The summed E-state index contributed by atoms with van der Waals surface area (Å²) in [5.74, 6) is 1.43. The van der Waals surface area contributed by atoms with Crippen LogP contribution in [0.3, 0.4) is 0 Å². The van der Waals surface area contributed by atoms with Crippen LogP contribution in [0.4, 0.5) is 0 Å². The first-order valence-electron chi connectivity index (χ1n) is 5.05. The molecular weight excluding hydrogens is 270 g/mol. The molecule has 0 radical (unpaired) electrons. The van der Waals surface area contributed by atoms with Crippen LogP contribution in [-0.4, -0.2) is 25.4 Å². The molecule has 0 spiro atoms. The van der Waals surface area contributed by atoms with E-state index in [-0.39, 0.29) is 5.84 Å². The maximum Gasteiger partial charge on any atom is 0.189 e. The average molecular weight is 281 g/mol. The van der Waals surface area contributed by atoms with Gasteiger partial charge in [-0.15, -0.1) is 0 Å². The predicted octanol–water partition coefficient (Wildman–Crippen LogP) is 1.63. The van der Waals surface area contributed by atoms with Gasteiger partial charge in [-0.3, -0.25) is 4.98 Å². The largest absolute Gasteiger partial charge is 0.409 e. The zero-order valence-electron chi connectivity index (χ0n) is 9.57. The van der Waals surface area contributed by atoms with Crippen molar-refractivity contribution < 1.29 is 5.21 Å². The van der Waals surface area contributed by atoms with Gasteiger partial charge in [0.15, 0.2) is 10.2 Å². The molecule has 0 aliphatic rings. The molecule has 2 aromatic rings. The van der Waals surface area contributed by atoms with Crippen LogP contribution in [0, 0.1) is 6.92 Å². The number of nitrogens with two attached hydrogens (primary N) is 1. The molecular formula is C10H11N5OS2. The van der Waals surface area contributed by atoms with Crippen molar-refractivity contribution in [2.75, 3.05) is 0 Å². The Morgan fingerprint density at radius 3 is 3.11 bits per heavy atom. The van der Waals surface area contributed by atoms with E-state index in [0.29, 0.717) is 11.4 Å². The van der Waals surface area contributed by atoms with Gasteiger partial charge in [0, 0.05) is 11.9 Å². The Labute approximate surface area is 112 Å². The lowest BCUT2D eigenvalue weighted by atomic mass is 10.2. The molecule has 6 nitrogen and oxygen atoms in total. The van der Waals surface area contributed by atoms with Crippen molar-refractivity contribution in [3.63, 3.8) is 0 Å². The number of nitrogens with zero attached hydrogens (tertiary/aromatic N) is 4. The second-order valence-corrected chi connectivity index (χ2v) is 5.37. The van der Waals surface area contributed by atoms with E-state index in [0.717, 1.165) is 15.7 Å². The van der Waals surface area contributed by atoms with Crippen LogP contribution in [-0.2, 0) is 5.75 Å². The van der Waals surface area contributed by atoms with E-state index in [2.05, 4.69) is 19.5 Å². The van der Waals surface area contributed by atoms with E-state index in [9.17, 15) is 0 Å². The second kappa shape index (κ2) is 5.78. The number of hydrogen-bond donors (Lipinski definition) is 2. The lowest BCUT2D eigenvalue weighted by molar-refractivity contribution is 0.318. The third-order valence-corrected chi connectivity index (χ3v) is 4.08. The molecule has 8 heteroatoms. The van der Waals surface area contributed by atoms with E-state index < -0.39 is 0 Å². The third kappa shape index (κ3) is 2.96. The van der Waals surface area contributed by atoms with Crippen LogP contribution in [0.2, 0.25) is 0 Å². The maximum absolute atomic E-state index is 8.70. The van der Waals surface area contributed by atoms with Gasteiger partial charge in [0.05, 0.1) is 0 Å². The van der Waals surface area contributed by atoms with Gasteiger partial charge < -0.3 is 10.9 Å². The molecule has 0 aliphatic carbocycles. The van der Waals surface area contributed by atoms with Crippen molar-refractivity contribution in [1.29, 1.82) is 0 Å². The summed E-state index contributed by atoms with van der Waals surface area (Å²) in [6.07, 6.45) is 1.61. The topological polar surface area (TPSA) is 97.3 Å². The number of oxime groups is 1. The summed E-state index contributed by atoms with van der Waals surface area (Å²) in [5.41, 5.74) is 6.96. The molecule has 0 atom stereocenters. The molecule has 0 aliphatic heterocycles. The minimum Gasteiger partial charge on any atom is -0.409 e. The highest BCUT2D eigenvalue weighted by molar-refractivity contribution is 8.00. The van der Waals surface area contributed by atoms with Crippen LogP contribution in [0.15, 0.2) is 27.8 Å².